The monoisotopic (exact) mass is 370 g/mol. The van der Waals surface area contributed by atoms with E-state index in [-0.39, 0.29) is 23.6 Å². The summed E-state index contributed by atoms with van der Waals surface area (Å²) < 4.78 is 52.6. The number of benzene rings is 1. The Morgan fingerprint density at radius 2 is 1.81 bits per heavy atom. The highest BCUT2D eigenvalue weighted by molar-refractivity contribution is 5.90. The van der Waals surface area contributed by atoms with Gasteiger partial charge < -0.3 is 14.0 Å². The fraction of sp³-hybridized carbons (Fsp3) is 0.471. The summed E-state index contributed by atoms with van der Waals surface area (Å²) in [6.45, 7) is 0. The second kappa shape index (κ2) is 7.45. The molecule has 140 valence electrons. The fourth-order valence-electron chi connectivity index (χ4n) is 2.88. The Morgan fingerprint density at radius 1 is 1.15 bits per heavy atom. The van der Waals surface area contributed by atoms with E-state index in [1.807, 2.05) is 0 Å². The van der Waals surface area contributed by atoms with Crippen molar-refractivity contribution in [2.75, 3.05) is 7.11 Å². The van der Waals surface area contributed by atoms with E-state index in [0.717, 1.165) is 25.7 Å². The second-order valence-corrected chi connectivity index (χ2v) is 6.00. The SMILES string of the molecule is CO[C@@H]1CCCC[C@H]1OC(=O)c1ccc(-c2noc(C(F)(F)F)n2)cc1. The van der Waals surface area contributed by atoms with Crippen LogP contribution in [0, 0.1) is 0 Å². The van der Waals surface area contributed by atoms with Gasteiger partial charge in [0.25, 0.3) is 0 Å². The number of carbonyl (C=O) groups is 1. The molecule has 0 unspecified atom stereocenters. The Morgan fingerprint density at radius 3 is 2.38 bits per heavy atom. The summed E-state index contributed by atoms with van der Waals surface area (Å²) in [6, 6.07) is 5.78. The van der Waals surface area contributed by atoms with Gasteiger partial charge in [0.05, 0.1) is 11.7 Å². The molecule has 1 fully saturated rings. The van der Waals surface area contributed by atoms with Gasteiger partial charge in [-0.2, -0.15) is 18.2 Å². The molecule has 1 aliphatic carbocycles. The minimum Gasteiger partial charge on any atom is -0.456 e. The zero-order chi connectivity index (χ0) is 18.7. The molecule has 2 aromatic rings. The Labute approximate surface area is 147 Å². The van der Waals surface area contributed by atoms with Gasteiger partial charge in [0.2, 0.25) is 5.82 Å². The van der Waals surface area contributed by atoms with Gasteiger partial charge in [-0.3, -0.25) is 0 Å². The lowest BCUT2D eigenvalue weighted by atomic mass is 9.94. The quantitative estimate of drug-likeness (QED) is 0.761. The lowest BCUT2D eigenvalue weighted by Crippen LogP contribution is -2.35. The Bertz CT molecular complexity index is 758. The first-order valence-electron chi connectivity index (χ1n) is 8.13. The van der Waals surface area contributed by atoms with Crippen LogP contribution in [-0.4, -0.2) is 35.4 Å². The van der Waals surface area contributed by atoms with E-state index in [0.29, 0.717) is 5.56 Å². The van der Waals surface area contributed by atoms with Crippen molar-refractivity contribution in [2.24, 2.45) is 0 Å². The normalized spacial score (nSPS) is 20.8. The molecular formula is C17H17F3N2O4. The summed E-state index contributed by atoms with van der Waals surface area (Å²) in [5, 5.41) is 3.30. The summed E-state index contributed by atoms with van der Waals surface area (Å²) in [6.07, 6.45) is -1.54. The maximum Gasteiger partial charge on any atom is 0.471 e. The lowest BCUT2D eigenvalue weighted by Gasteiger charge is -2.29. The topological polar surface area (TPSA) is 74.5 Å². The summed E-state index contributed by atoms with van der Waals surface area (Å²) in [7, 11) is 1.59. The second-order valence-electron chi connectivity index (χ2n) is 6.00. The maximum absolute atomic E-state index is 12.5. The molecule has 0 bridgehead atoms. The molecule has 1 heterocycles. The molecule has 1 aliphatic rings. The van der Waals surface area contributed by atoms with Gasteiger partial charge in [0.1, 0.15) is 6.10 Å². The molecule has 0 radical (unpaired) electrons. The first-order valence-corrected chi connectivity index (χ1v) is 8.13. The predicted molar refractivity (Wildman–Crippen MR) is 83.2 cm³/mol. The highest BCUT2D eigenvalue weighted by atomic mass is 19.4. The van der Waals surface area contributed by atoms with Crippen molar-refractivity contribution < 1.29 is 32.0 Å². The van der Waals surface area contributed by atoms with Crippen LogP contribution in [0.3, 0.4) is 0 Å². The summed E-state index contributed by atoms with van der Waals surface area (Å²) in [4.78, 5) is 15.6. The van der Waals surface area contributed by atoms with Gasteiger partial charge >= 0.3 is 18.0 Å². The Hall–Kier alpha value is -2.42. The third-order valence-electron chi connectivity index (χ3n) is 4.25. The number of hydrogen-bond acceptors (Lipinski definition) is 6. The minimum absolute atomic E-state index is 0.118. The average molecular weight is 370 g/mol. The van der Waals surface area contributed by atoms with E-state index in [1.165, 1.54) is 24.3 Å². The number of rotatable bonds is 4. The van der Waals surface area contributed by atoms with Gasteiger partial charge in [-0.25, -0.2) is 4.79 Å². The molecule has 1 aromatic carbocycles. The predicted octanol–water partition coefficient (Wildman–Crippen LogP) is 3.87. The van der Waals surface area contributed by atoms with E-state index >= 15 is 0 Å². The molecule has 0 amide bonds. The van der Waals surface area contributed by atoms with Crippen molar-refractivity contribution in [3.8, 4) is 11.4 Å². The average Bonchev–Trinajstić information content (AvgIpc) is 3.13. The van der Waals surface area contributed by atoms with Crippen LogP contribution in [0.1, 0.15) is 41.9 Å². The molecule has 2 atom stereocenters. The van der Waals surface area contributed by atoms with Crippen LogP contribution in [-0.2, 0) is 15.7 Å². The number of ether oxygens (including phenoxy) is 2. The molecule has 1 aromatic heterocycles. The Kier molecular flexibility index (Phi) is 5.26. The molecule has 3 rings (SSSR count). The molecule has 9 heteroatoms. The number of hydrogen-bond donors (Lipinski definition) is 0. The summed E-state index contributed by atoms with van der Waals surface area (Å²) >= 11 is 0. The van der Waals surface area contributed by atoms with Crippen molar-refractivity contribution in [3.63, 3.8) is 0 Å². The molecular weight excluding hydrogens is 353 g/mol. The van der Waals surface area contributed by atoms with E-state index in [2.05, 4.69) is 14.7 Å². The summed E-state index contributed by atoms with van der Waals surface area (Å²) in [5.74, 6) is -2.13. The third kappa shape index (κ3) is 4.04. The maximum atomic E-state index is 12.5. The number of halogens is 3. The zero-order valence-corrected chi connectivity index (χ0v) is 14.0. The van der Waals surface area contributed by atoms with E-state index < -0.39 is 18.0 Å². The molecule has 0 saturated heterocycles. The van der Waals surface area contributed by atoms with Crippen LogP contribution in [0.15, 0.2) is 28.8 Å². The molecule has 0 aliphatic heterocycles. The standard InChI is InChI=1S/C17H17F3N2O4/c1-24-12-4-2-3-5-13(12)25-15(23)11-8-6-10(7-9-11)14-21-16(26-22-14)17(18,19)20/h6-9,12-13H,2-5H2,1H3/t12-,13-/m1/s1. The highest BCUT2D eigenvalue weighted by Gasteiger charge is 2.38. The van der Waals surface area contributed by atoms with Gasteiger partial charge in [0.15, 0.2) is 0 Å². The molecule has 0 spiro atoms. The first-order chi connectivity index (χ1) is 12.4. The van der Waals surface area contributed by atoms with Gasteiger partial charge in [0, 0.05) is 12.7 Å². The van der Waals surface area contributed by atoms with E-state index in [9.17, 15) is 18.0 Å². The molecule has 26 heavy (non-hydrogen) atoms. The first kappa shape index (κ1) is 18.4. The largest absolute Gasteiger partial charge is 0.471 e. The number of aromatic nitrogens is 2. The van der Waals surface area contributed by atoms with Crippen molar-refractivity contribution in [3.05, 3.63) is 35.7 Å². The van der Waals surface area contributed by atoms with Gasteiger partial charge in [-0.1, -0.05) is 23.7 Å². The van der Waals surface area contributed by atoms with Crippen LogP contribution >= 0.6 is 0 Å². The smallest absolute Gasteiger partial charge is 0.456 e. The lowest BCUT2D eigenvalue weighted by molar-refractivity contribution is -0.159. The van der Waals surface area contributed by atoms with Crippen LogP contribution in [0.5, 0.6) is 0 Å². The van der Waals surface area contributed by atoms with Crippen molar-refractivity contribution >= 4 is 5.97 Å². The number of carbonyl (C=O) groups excluding carboxylic acids is 1. The number of alkyl halides is 3. The van der Waals surface area contributed by atoms with Crippen LogP contribution < -0.4 is 0 Å². The molecule has 6 nitrogen and oxygen atoms in total. The van der Waals surface area contributed by atoms with Crippen LogP contribution in [0.4, 0.5) is 13.2 Å². The Balaban J connectivity index is 1.69. The number of esters is 1. The fourth-order valence-corrected chi connectivity index (χ4v) is 2.88. The van der Waals surface area contributed by atoms with Crippen LogP contribution in [0.2, 0.25) is 0 Å². The van der Waals surface area contributed by atoms with E-state index in [4.69, 9.17) is 9.47 Å². The van der Waals surface area contributed by atoms with Crippen molar-refractivity contribution in [2.45, 2.75) is 44.1 Å². The molecule has 0 N–H and O–H groups in total. The van der Waals surface area contributed by atoms with Crippen molar-refractivity contribution in [1.29, 1.82) is 0 Å². The third-order valence-corrected chi connectivity index (χ3v) is 4.25. The van der Waals surface area contributed by atoms with Crippen molar-refractivity contribution in [1.82, 2.24) is 10.1 Å². The van der Waals surface area contributed by atoms with Crippen LogP contribution in [0.25, 0.3) is 11.4 Å². The summed E-state index contributed by atoms with van der Waals surface area (Å²) in [5.41, 5.74) is 0.585. The highest BCUT2D eigenvalue weighted by Crippen LogP contribution is 2.29. The zero-order valence-electron chi connectivity index (χ0n) is 14.0. The number of nitrogens with zero attached hydrogens (tertiary/aromatic N) is 2. The van der Waals surface area contributed by atoms with Gasteiger partial charge in [-0.05, 0) is 31.4 Å². The minimum atomic E-state index is -4.70. The van der Waals surface area contributed by atoms with E-state index in [1.54, 1.807) is 7.11 Å². The van der Waals surface area contributed by atoms with Gasteiger partial charge in [-0.15, -0.1) is 0 Å². The molecule has 1 saturated carbocycles. The number of methoxy groups -OCH3 is 1.